The van der Waals surface area contributed by atoms with Gasteiger partial charge in [0, 0.05) is 6.20 Å². The van der Waals surface area contributed by atoms with Crippen LogP contribution in [-0.2, 0) is 0 Å². The van der Waals surface area contributed by atoms with Crippen LogP contribution in [0.5, 0.6) is 0 Å². The maximum absolute atomic E-state index is 5.28. The molecule has 1 aliphatic rings. The number of nitrogens with zero attached hydrogens (tertiary/aromatic N) is 1. The highest BCUT2D eigenvalue weighted by atomic mass is 32.1. The Bertz CT molecular complexity index is 377. The van der Waals surface area contributed by atoms with Gasteiger partial charge in [-0.05, 0) is 25.5 Å². The summed E-state index contributed by atoms with van der Waals surface area (Å²) in [4.78, 5) is 5.05. The van der Waals surface area contributed by atoms with Crippen LogP contribution in [-0.4, -0.2) is 15.6 Å². The van der Waals surface area contributed by atoms with Gasteiger partial charge in [-0.25, -0.2) is 4.98 Å². The Hall–Kier alpha value is -1.16. The molecule has 74 valence electrons. The second-order valence-electron chi connectivity index (χ2n) is 3.66. The fourth-order valence-electron chi connectivity index (χ4n) is 1.48. The molecule has 0 amide bonds. The van der Waals surface area contributed by atoms with Gasteiger partial charge >= 0.3 is 0 Å². The third kappa shape index (κ3) is 1.46. The number of rotatable bonds is 1. The van der Waals surface area contributed by atoms with Crippen LogP contribution in [0.2, 0.25) is 0 Å². The molecule has 0 bridgehead atoms. The first kappa shape index (κ1) is 9.40. The average molecular weight is 207 g/mol. The summed E-state index contributed by atoms with van der Waals surface area (Å²) in [6.45, 7) is 4.19. The highest BCUT2D eigenvalue weighted by Gasteiger charge is 2.29. The van der Waals surface area contributed by atoms with Gasteiger partial charge in [0.05, 0.1) is 5.56 Å². The molecule has 0 saturated carbocycles. The van der Waals surface area contributed by atoms with Gasteiger partial charge in [0.1, 0.15) is 16.5 Å². The molecule has 2 N–H and O–H groups in total. The molecular weight excluding hydrogens is 194 g/mol. The van der Waals surface area contributed by atoms with Gasteiger partial charge in [-0.3, -0.25) is 0 Å². The molecule has 0 radical (unpaired) electrons. The molecule has 0 aliphatic carbocycles. The van der Waals surface area contributed by atoms with E-state index >= 15 is 0 Å². The summed E-state index contributed by atoms with van der Waals surface area (Å²) in [6.07, 6.45) is 2.72. The number of hydrogen-bond donors (Lipinski definition) is 2. The van der Waals surface area contributed by atoms with E-state index in [1.165, 1.54) is 0 Å². The maximum Gasteiger partial charge on any atom is 0.137 e. The highest BCUT2D eigenvalue weighted by molar-refractivity contribution is 7.80. The predicted molar refractivity (Wildman–Crippen MR) is 61.4 cm³/mol. The van der Waals surface area contributed by atoms with E-state index in [1.54, 1.807) is 6.20 Å². The van der Waals surface area contributed by atoms with E-state index in [-0.39, 0.29) is 5.66 Å². The molecular formula is C10H13N3S. The standard InChI is InChI=1S/C10H13N3S/c1-3-10(2)12-8-7(9(14)13-10)5-4-6-11-8/h4-6H,3H2,1-2H3,(H,11,12)(H,13,14). The van der Waals surface area contributed by atoms with Crippen molar-refractivity contribution in [3.8, 4) is 0 Å². The number of aromatic nitrogens is 1. The highest BCUT2D eigenvalue weighted by Crippen LogP contribution is 2.23. The van der Waals surface area contributed by atoms with Crippen LogP contribution in [0.3, 0.4) is 0 Å². The van der Waals surface area contributed by atoms with Crippen LogP contribution >= 0.6 is 12.2 Å². The largest absolute Gasteiger partial charge is 0.354 e. The summed E-state index contributed by atoms with van der Waals surface area (Å²) in [7, 11) is 0. The first-order valence-electron chi connectivity index (χ1n) is 4.70. The van der Waals surface area contributed by atoms with Crippen LogP contribution in [0.15, 0.2) is 18.3 Å². The molecule has 0 aromatic carbocycles. The van der Waals surface area contributed by atoms with E-state index < -0.39 is 0 Å². The van der Waals surface area contributed by atoms with Gasteiger partial charge in [-0.2, -0.15) is 0 Å². The Morgan fingerprint density at radius 3 is 3.00 bits per heavy atom. The second-order valence-corrected chi connectivity index (χ2v) is 4.07. The summed E-state index contributed by atoms with van der Waals surface area (Å²) < 4.78 is 0. The van der Waals surface area contributed by atoms with Gasteiger partial charge in [0.2, 0.25) is 0 Å². The number of nitrogens with one attached hydrogen (secondary N) is 2. The number of anilines is 1. The van der Waals surface area contributed by atoms with Crippen molar-refractivity contribution < 1.29 is 0 Å². The number of pyridine rings is 1. The Balaban J connectivity index is 2.43. The normalized spacial score (nSPS) is 24.9. The van der Waals surface area contributed by atoms with Crippen LogP contribution in [0.4, 0.5) is 5.82 Å². The third-order valence-electron chi connectivity index (χ3n) is 2.54. The zero-order valence-electron chi connectivity index (χ0n) is 8.29. The lowest BCUT2D eigenvalue weighted by Crippen LogP contribution is -2.54. The predicted octanol–water partition coefficient (Wildman–Crippen LogP) is 1.90. The smallest absolute Gasteiger partial charge is 0.137 e. The van der Waals surface area contributed by atoms with Gasteiger partial charge in [0.25, 0.3) is 0 Å². The minimum atomic E-state index is -0.168. The SMILES string of the molecule is CCC1(C)NC(=S)c2cccnc2N1. The molecule has 1 aromatic rings. The molecule has 1 atom stereocenters. The Morgan fingerprint density at radius 2 is 2.29 bits per heavy atom. The van der Waals surface area contributed by atoms with E-state index in [4.69, 9.17) is 12.2 Å². The van der Waals surface area contributed by atoms with Crippen molar-refractivity contribution in [2.24, 2.45) is 0 Å². The van der Waals surface area contributed by atoms with Crippen molar-refractivity contribution in [2.45, 2.75) is 25.9 Å². The number of fused-ring (bicyclic) bond motifs is 1. The fraction of sp³-hybridized carbons (Fsp3) is 0.400. The summed E-state index contributed by atoms with van der Waals surface area (Å²) in [5.74, 6) is 0.876. The zero-order valence-corrected chi connectivity index (χ0v) is 9.11. The third-order valence-corrected chi connectivity index (χ3v) is 2.87. The summed E-state index contributed by atoms with van der Waals surface area (Å²) in [6, 6.07) is 3.86. The summed E-state index contributed by atoms with van der Waals surface area (Å²) in [5, 5.41) is 6.62. The van der Waals surface area contributed by atoms with Crippen molar-refractivity contribution in [1.29, 1.82) is 0 Å². The molecule has 0 fully saturated rings. The Labute approximate surface area is 88.9 Å². The van der Waals surface area contributed by atoms with Gasteiger partial charge < -0.3 is 10.6 Å². The molecule has 1 aromatic heterocycles. The lowest BCUT2D eigenvalue weighted by Gasteiger charge is -2.37. The average Bonchev–Trinajstić information content (AvgIpc) is 2.18. The molecule has 1 aliphatic heterocycles. The maximum atomic E-state index is 5.28. The van der Waals surface area contributed by atoms with E-state index in [0.29, 0.717) is 0 Å². The molecule has 1 unspecified atom stereocenters. The van der Waals surface area contributed by atoms with E-state index in [2.05, 4.69) is 29.5 Å². The lowest BCUT2D eigenvalue weighted by atomic mass is 10.1. The second kappa shape index (κ2) is 3.20. The first-order chi connectivity index (χ1) is 6.64. The van der Waals surface area contributed by atoms with Gasteiger partial charge in [-0.15, -0.1) is 0 Å². The lowest BCUT2D eigenvalue weighted by molar-refractivity contribution is 0.456. The monoisotopic (exact) mass is 207 g/mol. The van der Waals surface area contributed by atoms with Crippen LogP contribution < -0.4 is 10.6 Å². The van der Waals surface area contributed by atoms with Crippen molar-refractivity contribution in [1.82, 2.24) is 10.3 Å². The summed E-state index contributed by atoms with van der Waals surface area (Å²) in [5.41, 5.74) is 0.812. The number of thiocarbonyl (C=S) groups is 1. The molecule has 2 heterocycles. The van der Waals surface area contributed by atoms with Gasteiger partial charge in [-0.1, -0.05) is 19.1 Å². The Kier molecular flexibility index (Phi) is 2.15. The van der Waals surface area contributed by atoms with Crippen LogP contribution in [0.1, 0.15) is 25.8 Å². The molecule has 0 spiro atoms. The summed E-state index contributed by atoms with van der Waals surface area (Å²) >= 11 is 5.28. The van der Waals surface area contributed by atoms with Crippen LogP contribution in [0.25, 0.3) is 0 Å². The molecule has 2 rings (SSSR count). The van der Waals surface area contributed by atoms with Crippen molar-refractivity contribution in [3.63, 3.8) is 0 Å². The minimum absolute atomic E-state index is 0.168. The van der Waals surface area contributed by atoms with E-state index in [9.17, 15) is 0 Å². The van der Waals surface area contributed by atoms with E-state index in [1.807, 2.05) is 12.1 Å². The fourth-order valence-corrected chi connectivity index (χ4v) is 1.87. The van der Waals surface area contributed by atoms with Crippen molar-refractivity contribution in [2.75, 3.05) is 5.32 Å². The van der Waals surface area contributed by atoms with Crippen LogP contribution in [0, 0.1) is 0 Å². The molecule has 0 saturated heterocycles. The zero-order chi connectivity index (χ0) is 10.2. The van der Waals surface area contributed by atoms with E-state index in [0.717, 1.165) is 22.8 Å². The first-order valence-corrected chi connectivity index (χ1v) is 5.11. The minimum Gasteiger partial charge on any atom is -0.354 e. The molecule has 14 heavy (non-hydrogen) atoms. The quantitative estimate of drug-likeness (QED) is 0.690. The van der Waals surface area contributed by atoms with Gasteiger partial charge in [0.15, 0.2) is 0 Å². The topological polar surface area (TPSA) is 37.0 Å². The number of hydrogen-bond acceptors (Lipinski definition) is 3. The van der Waals surface area contributed by atoms with Crippen molar-refractivity contribution >= 4 is 23.0 Å². The molecule has 3 nitrogen and oxygen atoms in total. The van der Waals surface area contributed by atoms with Crippen molar-refractivity contribution in [3.05, 3.63) is 23.9 Å². The molecule has 4 heteroatoms. The Morgan fingerprint density at radius 1 is 1.50 bits per heavy atom.